The Kier molecular flexibility index (Phi) is 3.52. The van der Waals surface area contributed by atoms with Gasteiger partial charge in [-0.05, 0) is 29.8 Å². The van der Waals surface area contributed by atoms with Crippen molar-refractivity contribution in [2.24, 2.45) is 0 Å². The van der Waals surface area contributed by atoms with Gasteiger partial charge >= 0.3 is 0 Å². The Morgan fingerprint density at radius 1 is 1.32 bits per heavy atom. The number of amides is 1. The van der Waals surface area contributed by atoms with Crippen LogP contribution in [0.1, 0.15) is 10.4 Å². The predicted octanol–water partition coefficient (Wildman–Crippen LogP) is 3.12. The second-order valence-corrected chi connectivity index (χ2v) is 4.09. The van der Waals surface area contributed by atoms with Crippen molar-refractivity contribution in [1.82, 2.24) is 0 Å². The molecule has 0 saturated heterocycles. The summed E-state index contributed by atoms with van der Waals surface area (Å²) in [6.07, 6.45) is 1.32. The van der Waals surface area contributed by atoms with E-state index in [1.165, 1.54) is 41.5 Å². The fourth-order valence-electron chi connectivity index (χ4n) is 1.54. The first kappa shape index (κ1) is 13.1. The van der Waals surface area contributed by atoms with Gasteiger partial charge in [0.15, 0.2) is 0 Å². The second-order valence-electron chi connectivity index (χ2n) is 3.75. The summed E-state index contributed by atoms with van der Waals surface area (Å²) < 4.78 is 4.85. The van der Waals surface area contributed by atoms with E-state index in [9.17, 15) is 14.9 Å². The van der Waals surface area contributed by atoms with E-state index in [2.05, 4.69) is 0 Å². The second kappa shape index (κ2) is 5.11. The Morgan fingerprint density at radius 2 is 1.95 bits per heavy atom. The number of non-ortho nitro benzene ring substituents is 1. The van der Waals surface area contributed by atoms with Crippen LogP contribution in [0.15, 0.2) is 41.0 Å². The molecule has 2 rings (SSSR count). The Morgan fingerprint density at radius 3 is 2.42 bits per heavy atom. The number of benzene rings is 1. The molecule has 0 aliphatic rings. The van der Waals surface area contributed by atoms with Gasteiger partial charge in [0.25, 0.3) is 11.6 Å². The summed E-state index contributed by atoms with van der Waals surface area (Å²) in [5.74, 6) is -0.354. The SMILES string of the molecule is CN(C(=O)c1ccoc1Cl)c1ccc([N+](=O)[O-])cc1. The third-order valence-corrected chi connectivity index (χ3v) is 2.89. The molecular formula is C12H9ClN2O4. The van der Waals surface area contributed by atoms with Gasteiger partial charge in [-0.1, -0.05) is 0 Å². The van der Waals surface area contributed by atoms with Crippen molar-refractivity contribution in [1.29, 1.82) is 0 Å². The van der Waals surface area contributed by atoms with Crippen LogP contribution in [0.25, 0.3) is 0 Å². The molecule has 0 aliphatic heterocycles. The zero-order valence-corrected chi connectivity index (χ0v) is 10.6. The maximum absolute atomic E-state index is 12.1. The van der Waals surface area contributed by atoms with Gasteiger partial charge in [-0.25, -0.2) is 0 Å². The fraction of sp³-hybridized carbons (Fsp3) is 0.0833. The van der Waals surface area contributed by atoms with Crippen molar-refractivity contribution < 1.29 is 14.1 Å². The fourth-order valence-corrected chi connectivity index (χ4v) is 1.74. The number of carbonyl (C=O) groups excluding carboxylic acids is 1. The molecule has 7 heteroatoms. The molecule has 0 unspecified atom stereocenters. The molecule has 0 fully saturated rings. The van der Waals surface area contributed by atoms with Gasteiger partial charge in [-0.2, -0.15) is 0 Å². The van der Waals surface area contributed by atoms with E-state index in [1.807, 2.05) is 0 Å². The number of nitro groups is 1. The number of hydrogen-bond acceptors (Lipinski definition) is 4. The molecule has 0 aliphatic carbocycles. The number of carbonyl (C=O) groups is 1. The molecule has 19 heavy (non-hydrogen) atoms. The van der Waals surface area contributed by atoms with E-state index in [4.69, 9.17) is 16.0 Å². The highest BCUT2D eigenvalue weighted by atomic mass is 35.5. The summed E-state index contributed by atoms with van der Waals surface area (Å²) >= 11 is 5.73. The summed E-state index contributed by atoms with van der Waals surface area (Å²) in [4.78, 5) is 23.5. The molecule has 0 bridgehead atoms. The average molecular weight is 281 g/mol. The number of nitrogens with zero attached hydrogens (tertiary/aromatic N) is 2. The van der Waals surface area contributed by atoms with Crippen molar-refractivity contribution in [3.05, 3.63) is 57.5 Å². The van der Waals surface area contributed by atoms with Crippen LogP contribution in [-0.4, -0.2) is 17.9 Å². The molecule has 1 heterocycles. The van der Waals surface area contributed by atoms with Crippen LogP contribution >= 0.6 is 11.6 Å². The van der Waals surface area contributed by atoms with Gasteiger partial charge in [0.1, 0.15) is 0 Å². The highest BCUT2D eigenvalue weighted by Crippen LogP contribution is 2.23. The highest BCUT2D eigenvalue weighted by molar-refractivity contribution is 6.32. The molecule has 0 radical (unpaired) electrons. The minimum absolute atomic E-state index is 0.0127. The molecule has 0 spiro atoms. The normalized spacial score (nSPS) is 10.2. The molecule has 0 atom stereocenters. The van der Waals surface area contributed by atoms with E-state index in [0.29, 0.717) is 5.69 Å². The van der Waals surface area contributed by atoms with Crippen LogP contribution in [-0.2, 0) is 0 Å². The van der Waals surface area contributed by atoms with Crippen molar-refractivity contribution >= 4 is 28.9 Å². The molecule has 1 aromatic carbocycles. The minimum atomic E-state index is -0.501. The van der Waals surface area contributed by atoms with E-state index >= 15 is 0 Å². The molecule has 0 N–H and O–H groups in total. The van der Waals surface area contributed by atoms with Crippen molar-refractivity contribution in [2.75, 3.05) is 11.9 Å². The maximum Gasteiger partial charge on any atom is 0.269 e. The lowest BCUT2D eigenvalue weighted by Gasteiger charge is -2.16. The third kappa shape index (κ3) is 2.58. The Balaban J connectivity index is 2.24. The van der Waals surface area contributed by atoms with Crippen LogP contribution < -0.4 is 4.90 Å². The number of halogens is 1. The molecule has 98 valence electrons. The van der Waals surface area contributed by atoms with Crippen LogP contribution in [0.5, 0.6) is 0 Å². The quantitative estimate of drug-likeness (QED) is 0.639. The zero-order valence-electron chi connectivity index (χ0n) is 9.87. The standard InChI is InChI=1S/C12H9ClN2O4/c1-14(12(16)10-6-7-19-11(10)13)8-2-4-9(5-3-8)15(17)18/h2-7H,1H3. The Hall–Kier alpha value is -2.34. The van der Waals surface area contributed by atoms with E-state index in [-0.39, 0.29) is 22.4 Å². The lowest BCUT2D eigenvalue weighted by molar-refractivity contribution is -0.384. The molecule has 1 aromatic heterocycles. The largest absolute Gasteiger partial charge is 0.452 e. The number of hydrogen-bond donors (Lipinski definition) is 0. The topological polar surface area (TPSA) is 76.6 Å². The number of anilines is 1. The molecular weight excluding hydrogens is 272 g/mol. The summed E-state index contributed by atoms with van der Waals surface area (Å²) in [7, 11) is 1.55. The van der Waals surface area contributed by atoms with Gasteiger partial charge in [0.05, 0.1) is 16.7 Å². The number of nitro benzene ring substituents is 1. The first-order valence-electron chi connectivity index (χ1n) is 5.26. The summed E-state index contributed by atoms with van der Waals surface area (Å²) in [5.41, 5.74) is 0.723. The molecule has 6 nitrogen and oxygen atoms in total. The number of rotatable bonds is 3. The first-order chi connectivity index (χ1) is 9.00. The van der Waals surface area contributed by atoms with Gasteiger partial charge in [0.2, 0.25) is 5.22 Å². The predicted molar refractivity (Wildman–Crippen MR) is 69.5 cm³/mol. The summed E-state index contributed by atoms with van der Waals surface area (Å²) in [5, 5.41) is 10.6. The van der Waals surface area contributed by atoms with Crippen LogP contribution in [0.2, 0.25) is 5.22 Å². The van der Waals surface area contributed by atoms with E-state index in [0.717, 1.165) is 0 Å². The first-order valence-corrected chi connectivity index (χ1v) is 5.64. The van der Waals surface area contributed by atoms with Gasteiger partial charge in [-0.15, -0.1) is 0 Å². The van der Waals surface area contributed by atoms with Crippen molar-refractivity contribution in [3.63, 3.8) is 0 Å². The number of furan rings is 1. The highest BCUT2D eigenvalue weighted by Gasteiger charge is 2.19. The minimum Gasteiger partial charge on any atom is -0.452 e. The maximum atomic E-state index is 12.1. The van der Waals surface area contributed by atoms with Crippen LogP contribution in [0.3, 0.4) is 0 Å². The summed E-state index contributed by atoms with van der Waals surface area (Å²) in [6.45, 7) is 0. The molecule has 2 aromatic rings. The lowest BCUT2D eigenvalue weighted by Crippen LogP contribution is -2.25. The summed E-state index contributed by atoms with van der Waals surface area (Å²) in [6, 6.07) is 7.10. The third-order valence-electron chi connectivity index (χ3n) is 2.60. The zero-order chi connectivity index (χ0) is 14.0. The Labute approximate surface area is 113 Å². The monoisotopic (exact) mass is 280 g/mol. The van der Waals surface area contributed by atoms with Crippen molar-refractivity contribution in [3.8, 4) is 0 Å². The smallest absolute Gasteiger partial charge is 0.269 e. The van der Waals surface area contributed by atoms with Gasteiger partial charge < -0.3 is 9.32 Å². The molecule has 1 amide bonds. The van der Waals surface area contributed by atoms with E-state index < -0.39 is 4.92 Å². The van der Waals surface area contributed by atoms with Crippen LogP contribution in [0.4, 0.5) is 11.4 Å². The lowest BCUT2D eigenvalue weighted by atomic mass is 10.2. The van der Waals surface area contributed by atoms with Crippen molar-refractivity contribution in [2.45, 2.75) is 0 Å². The average Bonchev–Trinajstić information content (AvgIpc) is 2.83. The molecule has 0 saturated carbocycles. The van der Waals surface area contributed by atoms with Gasteiger partial charge in [-0.3, -0.25) is 14.9 Å². The Bertz CT molecular complexity index is 621. The van der Waals surface area contributed by atoms with Gasteiger partial charge in [0, 0.05) is 24.9 Å². The van der Waals surface area contributed by atoms with Crippen LogP contribution in [0, 0.1) is 10.1 Å². The van der Waals surface area contributed by atoms with E-state index in [1.54, 1.807) is 7.05 Å².